The number of anilines is 1. The Kier molecular flexibility index (Phi) is 5.67. The van der Waals surface area contributed by atoms with Gasteiger partial charge in [0.1, 0.15) is 6.54 Å². The summed E-state index contributed by atoms with van der Waals surface area (Å²) in [6.45, 7) is 4.02. The first kappa shape index (κ1) is 18.1. The standard InChI is InChI=1S/C14H20N2O5S/c1-10(2)16(9-14(18)19)22(20,21)13-7-5-12(6-8-13)15(4)11(3)17/h5-8,10H,9H2,1-4H3,(H,18,19). The molecule has 22 heavy (non-hydrogen) atoms. The molecule has 0 fully saturated rings. The Morgan fingerprint density at radius 1 is 1.18 bits per heavy atom. The first-order chi connectivity index (χ1) is 10.1. The summed E-state index contributed by atoms with van der Waals surface area (Å²) in [5, 5.41) is 8.87. The van der Waals surface area contributed by atoms with Gasteiger partial charge >= 0.3 is 5.97 Å². The summed E-state index contributed by atoms with van der Waals surface area (Å²) in [5.41, 5.74) is 0.556. The molecule has 1 N–H and O–H groups in total. The van der Waals surface area contributed by atoms with Crippen LogP contribution in [0.15, 0.2) is 29.2 Å². The lowest BCUT2D eigenvalue weighted by molar-refractivity contribution is -0.137. The van der Waals surface area contributed by atoms with Crippen LogP contribution < -0.4 is 4.90 Å². The minimum absolute atomic E-state index is 0.0110. The zero-order valence-electron chi connectivity index (χ0n) is 13.0. The number of hydrogen-bond donors (Lipinski definition) is 1. The molecule has 0 saturated carbocycles. The summed E-state index contributed by atoms with van der Waals surface area (Å²) in [4.78, 5) is 23.5. The number of hydrogen-bond acceptors (Lipinski definition) is 4. The van der Waals surface area contributed by atoms with E-state index in [1.54, 1.807) is 20.9 Å². The molecule has 0 unspecified atom stereocenters. The van der Waals surface area contributed by atoms with E-state index in [-0.39, 0.29) is 10.8 Å². The molecule has 0 aromatic heterocycles. The Morgan fingerprint density at radius 3 is 2.05 bits per heavy atom. The maximum atomic E-state index is 12.5. The molecule has 0 heterocycles. The van der Waals surface area contributed by atoms with Crippen molar-refractivity contribution < 1.29 is 23.1 Å². The second kappa shape index (κ2) is 6.89. The fourth-order valence-electron chi connectivity index (χ4n) is 1.84. The van der Waals surface area contributed by atoms with E-state index in [2.05, 4.69) is 0 Å². The molecular weight excluding hydrogens is 308 g/mol. The Balaban J connectivity index is 3.17. The smallest absolute Gasteiger partial charge is 0.318 e. The molecular formula is C14H20N2O5S. The highest BCUT2D eigenvalue weighted by Gasteiger charge is 2.29. The Hall–Kier alpha value is -1.93. The van der Waals surface area contributed by atoms with Crippen molar-refractivity contribution in [2.75, 3.05) is 18.5 Å². The normalized spacial score (nSPS) is 11.7. The highest BCUT2D eigenvalue weighted by atomic mass is 32.2. The van der Waals surface area contributed by atoms with Crippen LogP contribution in [-0.4, -0.2) is 49.3 Å². The number of carboxylic acid groups (broad SMARTS) is 1. The average Bonchev–Trinajstić information content (AvgIpc) is 2.43. The van der Waals surface area contributed by atoms with Crippen LogP contribution in [0.5, 0.6) is 0 Å². The largest absolute Gasteiger partial charge is 0.480 e. The number of sulfonamides is 1. The van der Waals surface area contributed by atoms with E-state index in [9.17, 15) is 18.0 Å². The number of aliphatic carboxylic acids is 1. The maximum absolute atomic E-state index is 12.5. The minimum atomic E-state index is -3.91. The summed E-state index contributed by atoms with van der Waals surface area (Å²) in [5.74, 6) is -1.39. The van der Waals surface area contributed by atoms with Crippen molar-refractivity contribution in [1.29, 1.82) is 0 Å². The summed E-state index contributed by atoms with van der Waals surface area (Å²) >= 11 is 0. The van der Waals surface area contributed by atoms with E-state index >= 15 is 0 Å². The van der Waals surface area contributed by atoms with Gasteiger partial charge in [-0.1, -0.05) is 0 Å². The number of amides is 1. The van der Waals surface area contributed by atoms with Gasteiger partial charge in [-0.2, -0.15) is 4.31 Å². The van der Waals surface area contributed by atoms with Crippen LogP contribution in [0, 0.1) is 0 Å². The number of rotatable bonds is 6. The molecule has 1 aromatic carbocycles. The zero-order valence-corrected chi connectivity index (χ0v) is 13.8. The first-order valence-corrected chi connectivity index (χ1v) is 8.09. The molecule has 7 nitrogen and oxygen atoms in total. The SMILES string of the molecule is CC(=O)N(C)c1ccc(S(=O)(=O)N(CC(=O)O)C(C)C)cc1. The Morgan fingerprint density at radius 2 is 1.68 bits per heavy atom. The molecule has 0 aliphatic carbocycles. The van der Waals surface area contributed by atoms with E-state index in [0.29, 0.717) is 5.69 Å². The van der Waals surface area contributed by atoms with E-state index in [0.717, 1.165) is 4.31 Å². The first-order valence-electron chi connectivity index (χ1n) is 6.65. The van der Waals surface area contributed by atoms with Crippen LogP contribution >= 0.6 is 0 Å². The molecule has 8 heteroatoms. The van der Waals surface area contributed by atoms with Gasteiger partial charge in [-0.25, -0.2) is 8.42 Å². The third kappa shape index (κ3) is 4.05. The highest BCUT2D eigenvalue weighted by molar-refractivity contribution is 7.89. The van der Waals surface area contributed by atoms with Gasteiger partial charge in [0.05, 0.1) is 4.90 Å². The molecule has 0 aliphatic heterocycles. The van der Waals surface area contributed by atoms with E-state index in [1.165, 1.54) is 36.1 Å². The molecule has 1 rings (SSSR count). The van der Waals surface area contributed by atoms with Crippen LogP contribution in [0.3, 0.4) is 0 Å². The fraction of sp³-hybridized carbons (Fsp3) is 0.429. The van der Waals surface area contributed by atoms with Crippen molar-refractivity contribution in [1.82, 2.24) is 4.31 Å². The summed E-state index contributed by atoms with van der Waals surface area (Å²) < 4.78 is 25.9. The molecule has 0 spiro atoms. The monoisotopic (exact) mass is 328 g/mol. The minimum Gasteiger partial charge on any atom is -0.480 e. The Labute approximate surface area is 130 Å². The van der Waals surface area contributed by atoms with Crippen molar-refractivity contribution in [3.63, 3.8) is 0 Å². The molecule has 122 valence electrons. The molecule has 0 radical (unpaired) electrons. The van der Waals surface area contributed by atoms with Crippen molar-refractivity contribution in [2.24, 2.45) is 0 Å². The molecule has 0 bridgehead atoms. The van der Waals surface area contributed by atoms with Gasteiger partial charge in [0.25, 0.3) is 0 Å². The van der Waals surface area contributed by atoms with Crippen LogP contribution in [0.1, 0.15) is 20.8 Å². The van der Waals surface area contributed by atoms with Gasteiger partial charge < -0.3 is 10.0 Å². The van der Waals surface area contributed by atoms with E-state index in [4.69, 9.17) is 5.11 Å². The number of benzene rings is 1. The van der Waals surface area contributed by atoms with Crippen LogP contribution in [0.2, 0.25) is 0 Å². The lowest BCUT2D eigenvalue weighted by atomic mass is 10.3. The van der Waals surface area contributed by atoms with Crippen molar-refractivity contribution in [3.05, 3.63) is 24.3 Å². The van der Waals surface area contributed by atoms with Crippen molar-refractivity contribution >= 4 is 27.6 Å². The number of carbonyl (C=O) groups excluding carboxylic acids is 1. The van der Waals surface area contributed by atoms with Gasteiger partial charge in [0.15, 0.2) is 0 Å². The topological polar surface area (TPSA) is 95.0 Å². The van der Waals surface area contributed by atoms with E-state index in [1.807, 2.05) is 0 Å². The third-order valence-electron chi connectivity index (χ3n) is 3.17. The van der Waals surface area contributed by atoms with Gasteiger partial charge in [-0.3, -0.25) is 9.59 Å². The van der Waals surface area contributed by atoms with Crippen molar-refractivity contribution in [2.45, 2.75) is 31.7 Å². The van der Waals surface area contributed by atoms with Crippen molar-refractivity contribution in [3.8, 4) is 0 Å². The number of carboxylic acids is 1. The number of carbonyl (C=O) groups is 2. The molecule has 1 aromatic rings. The highest BCUT2D eigenvalue weighted by Crippen LogP contribution is 2.21. The number of nitrogens with zero attached hydrogens (tertiary/aromatic N) is 2. The van der Waals surface area contributed by atoms with Crippen LogP contribution in [0.4, 0.5) is 5.69 Å². The molecule has 0 saturated heterocycles. The van der Waals surface area contributed by atoms with Gasteiger partial charge in [-0.05, 0) is 38.1 Å². The summed E-state index contributed by atoms with van der Waals surface area (Å²) in [7, 11) is -2.33. The predicted octanol–water partition coefficient (Wildman–Crippen LogP) is 1.15. The third-order valence-corrected chi connectivity index (χ3v) is 5.21. The molecule has 0 atom stereocenters. The fourth-order valence-corrected chi connectivity index (χ4v) is 3.42. The Bertz CT molecular complexity index is 652. The zero-order chi connectivity index (χ0) is 17.1. The predicted molar refractivity (Wildman–Crippen MR) is 82.2 cm³/mol. The van der Waals surface area contributed by atoms with Gasteiger partial charge in [0.2, 0.25) is 15.9 Å². The van der Waals surface area contributed by atoms with Gasteiger partial charge in [-0.15, -0.1) is 0 Å². The van der Waals surface area contributed by atoms with Crippen LogP contribution in [-0.2, 0) is 19.6 Å². The second-order valence-electron chi connectivity index (χ2n) is 5.11. The lowest BCUT2D eigenvalue weighted by Crippen LogP contribution is -2.40. The quantitative estimate of drug-likeness (QED) is 0.845. The lowest BCUT2D eigenvalue weighted by Gasteiger charge is -2.24. The van der Waals surface area contributed by atoms with Crippen LogP contribution in [0.25, 0.3) is 0 Å². The second-order valence-corrected chi connectivity index (χ2v) is 7.00. The summed E-state index contributed by atoms with van der Waals surface area (Å²) in [6, 6.07) is 5.25. The maximum Gasteiger partial charge on any atom is 0.318 e. The van der Waals surface area contributed by atoms with Gasteiger partial charge in [0, 0.05) is 25.7 Å². The summed E-state index contributed by atoms with van der Waals surface area (Å²) in [6.07, 6.45) is 0. The molecule has 0 aliphatic rings. The average molecular weight is 328 g/mol. The van der Waals surface area contributed by atoms with E-state index < -0.39 is 28.6 Å². The molecule has 1 amide bonds.